The first kappa shape index (κ1) is 13.6. The van der Waals surface area contributed by atoms with Crippen molar-refractivity contribution in [2.45, 2.75) is 27.2 Å². The molecule has 0 unspecified atom stereocenters. The Morgan fingerprint density at radius 3 is 2.12 bits per heavy atom. The predicted octanol–water partition coefficient (Wildman–Crippen LogP) is 3.15. The van der Waals surface area contributed by atoms with Gasteiger partial charge in [-0.15, -0.1) is 0 Å². The van der Waals surface area contributed by atoms with Gasteiger partial charge in [0.25, 0.3) is 0 Å². The highest BCUT2D eigenvalue weighted by atomic mass is 16.2. The summed E-state index contributed by atoms with van der Waals surface area (Å²) in [7, 11) is 1.84. The number of hydrogen-bond donors (Lipinski definition) is 0. The summed E-state index contributed by atoms with van der Waals surface area (Å²) in [4.78, 5) is 15.3. The minimum Gasteiger partial charge on any atom is -0.326 e. The highest BCUT2D eigenvalue weighted by molar-refractivity contribution is 5.93. The van der Waals surface area contributed by atoms with E-state index in [1.807, 2.05) is 37.9 Å². The molecule has 0 saturated carbocycles. The van der Waals surface area contributed by atoms with Crippen molar-refractivity contribution >= 4 is 11.7 Å². The first-order chi connectivity index (χ1) is 8.22. The van der Waals surface area contributed by atoms with Crippen molar-refractivity contribution in [2.75, 3.05) is 25.0 Å². The van der Waals surface area contributed by atoms with Crippen LogP contribution >= 0.6 is 0 Å². The Morgan fingerprint density at radius 1 is 1.12 bits per heavy atom. The van der Waals surface area contributed by atoms with Crippen molar-refractivity contribution in [3.63, 3.8) is 0 Å². The van der Waals surface area contributed by atoms with Crippen molar-refractivity contribution in [1.29, 1.82) is 0 Å². The summed E-state index contributed by atoms with van der Waals surface area (Å²) < 4.78 is 0. The molecular weight excluding hydrogens is 212 g/mol. The molecule has 94 valence electrons. The van der Waals surface area contributed by atoms with Gasteiger partial charge in [-0.25, -0.2) is 4.79 Å². The van der Waals surface area contributed by atoms with Crippen molar-refractivity contribution in [3.05, 3.63) is 29.8 Å². The van der Waals surface area contributed by atoms with E-state index in [0.29, 0.717) is 0 Å². The number of benzene rings is 1. The number of nitrogens with zero attached hydrogens (tertiary/aromatic N) is 2. The maximum atomic E-state index is 11.7. The normalized spacial score (nSPS) is 14.7. The van der Waals surface area contributed by atoms with Crippen LogP contribution in [-0.4, -0.2) is 31.1 Å². The third-order valence-electron chi connectivity index (χ3n) is 2.87. The largest absolute Gasteiger partial charge is 0.326 e. The predicted molar refractivity (Wildman–Crippen MR) is 72.5 cm³/mol. The fraction of sp³-hybridized carbons (Fsp3) is 0.500. The van der Waals surface area contributed by atoms with Crippen LogP contribution in [0.1, 0.15) is 26.3 Å². The molecular formula is C14H22N2O. The van der Waals surface area contributed by atoms with Crippen LogP contribution in [0, 0.1) is 0 Å². The van der Waals surface area contributed by atoms with E-state index in [0.717, 1.165) is 25.2 Å². The van der Waals surface area contributed by atoms with E-state index >= 15 is 0 Å². The first-order valence-electron chi connectivity index (χ1n) is 6.34. The number of urea groups is 1. The molecule has 3 heteroatoms. The van der Waals surface area contributed by atoms with Gasteiger partial charge in [0.2, 0.25) is 0 Å². The lowest BCUT2D eigenvalue weighted by Crippen LogP contribution is -2.29. The summed E-state index contributed by atoms with van der Waals surface area (Å²) in [6.07, 6.45) is 1.04. The van der Waals surface area contributed by atoms with Gasteiger partial charge in [0.15, 0.2) is 0 Å². The topological polar surface area (TPSA) is 23.6 Å². The van der Waals surface area contributed by atoms with Gasteiger partial charge in [-0.05, 0) is 24.1 Å². The number of aryl methyl sites for hydroxylation is 1. The van der Waals surface area contributed by atoms with Crippen molar-refractivity contribution in [1.82, 2.24) is 4.90 Å². The number of hydrogen-bond acceptors (Lipinski definition) is 1. The molecule has 1 aromatic carbocycles. The Bertz CT molecular complexity index is 359. The lowest BCUT2D eigenvalue weighted by molar-refractivity contribution is 0.229. The van der Waals surface area contributed by atoms with E-state index in [4.69, 9.17) is 0 Å². The number of rotatable bonds is 2. The van der Waals surface area contributed by atoms with Crippen LogP contribution in [0.4, 0.5) is 10.5 Å². The lowest BCUT2D eigenvalue weighted by Gasteiger charge is -2.16. The monoisotopic (exact) mass is 234 g/mol. The van der Waals surface area contributed by atoms with Crippen LogP contribution in [0.5, 0.6) is 0 Å². The van der Waals surface area contributed by atoms with E-state index in [9.17, 15) is 4.79 Å². The van der Waals surface area contributed by atoms with Crippen molar-refractivity contribution < 1.29 is 4.79 Å². The molecule has 0 spiro atoms. The third-order valence-corrected chi connectivity index (χ3v) is 2.87. The Morgan fingerprint density at radius 2 is 1.71 bits per heavy atom. The van der Waals surface area contributed by atoms with Gasteiger partial charge in [0.05, 0.1) is 0 Å². The minimum atomic E-state index is 0.0965. The van der Waals surface area contributed by atoms with Gasteiger partial charge in [-0.2, -0.15) is 0 Å². The summed E-state index contributed by atoms with van der Waals surface area (Å²) in [6.45, 7) is 7.74. The van der Waals surface area contributed by atoms with Crippen LogP contribution in [0.3, 0.4) is 0 Å². The minimum absolute atomic E-state index is 0.0965. The van der Waals surface area contributed by atoms with E-state index < -0.39 is 0 Å². The standard InChI is InChI=1S/C12H16N2O.C2H6/c1-3-10-4-6-11(7-5-10)14-9-8-13(2)12(14)15;1-2/h4-7H,3,8-9H2,1-2H3;1-2H3. The molecule has 0 atom stereocenters. The quantitative estimate of drug-likeness (QED) is 0.771. The van der Waals surface area contributed by atoms with Crippen molar-refractivity contribution in [3.8, 4) is 0 Å². The second kappa shape index (κ2) is 6.28. The highest BCUT2D eigenvalue weighted by Crippen LogP contribution is 2.19. The van der Waals surface area contributed by atoms with Gasteiger partial charge >= 0.3 is 6.03 Å². The van der Waals surface area contributed by atoms with E-state index in [-0.39, 0.29) is 6.03 Å². The Labute approximate surface area is 104 Å². The summed E-state index contributed by atoms with van der Waals surface area (Å²) >= 11 is 0. The SMILES string of the molecule is CC.CCc1ccc(N2CCN(C)C2=O)cc1. The van der Waals surface area contributed by atoms with Gasteiger partial charge in [0.1, 0.15) is 0 Å². The fourth-order valence-corrected chi connectivity index (χ4v) is 1.80. The number of carbonyl (C=O) groups excluding carboxylic acids is 1. The van der Waals surface area contributed by atoms with E-state index in [2.05, 4.69) is 19.1 Å². The molecule has 1 heterocycles. The molecule has 0 radical (unpaired) electrons. The molecule has 1 saturated heterocycles. The number of amides is 2. The molecule has 2 amide bonds. The first-order valence-corrected chi connectivity index (χ1v) is 6.34. The van der Waals surface area contributed by atoms with Gasteiger partial charge in [0, 0.05) is 25.8 Å². The molecule has 0 aliphatic carbocycles. The zero-order valence-corrected chi connectivity index (χ0v) is 11.2. The third kappa shape index (κ3) is 2.99. The summed E-state index contributed by atoms with van der Waals surface area (Å²) in [6, 6.07) is 8.31. The van der Waals surface area contributed by atoms with Crippen molar-refractivity contribution in [2.24, 2.45) is 0 Å². The zero-order chi connectivity index (χ0) is 12.8. The average molecular weight is 234 g/mol. The molecule has 3 nitrogen and oxygen atoms in total. The van der Waals surface area contributed by atoms with Crippen LogP contribution in [0.2, 0.25) is 0 Å². The van der Waals surface area contributed by atoms with Gasteiger partial charge in [-0.1, -0.05) is 32.9 Å². The average Bonchev–Trinajstić information content (AvgIpc) is 2.73. The van der Waals surface area contributed by atoms with Crippen LogP contribution in [0.15, 0.2) is 24.3 Å². The van der Waals surface area contributed by atoms with Crippen LogP contribution in [-0.2, 0) is 6.42 Å². The number of carbonyl (C=O) groups is 1. The maximum absolute atomic E-state index is 11.7. The summed E-state index contributed by atoms with van der Waals surface area (Å²) in [5, 5.41) is 0. The van der Waals surface area contributed by atoms with Crippen LogP contribution in [0.25, 0.3) is 0 Å². The number of likely N-dealkylation sites (N-methyl/N-ethyl adjacent to an activating group) is 1. The highest BCUT2D eigenvalue weighted by Gasteiger charge is 2.26. The Balaban J connectivity index is 0.000000686. The molecule has 0 aromatic heterocycles. The second-order valence-corrected chi connectivity index (χ2v) is 3.88. The summed E-state index contributed by atoms with van der Waals surface area (Å²) in [5.74, 6) is 0. The van der Waals surface area contributed by atoms with Crippen LogP contribution < -0.4 is 4.90 Å². The molecule has 1 aliphatic heterocycles. The van der Waals surface area contributed by atoms with Gasteiger partial charge in [-0.3, -0.25) is 4.90 Å². The summed E-state index contributed by atoms with van der Waals surface area (Å²) in [5.41, 5.74) is 2.31. The number of anilines is 1. The Kier molecular flexibility index (Phi) is 5.01. The Hall–Kier alpha value is -1.51. The lowest BCUT2D eigenvalue weighted by atomic mass is 10.1. The molecule has 2 rings (SSSR count). The fourth-order valence-electron chi connectivity index (χ4n) is 1.80. The van der Waals surface area contributed by atoms with Gasteiger partial charge < -0.3 is 4.90 Å². The molecule has 0 bridgehead atoms. The molecule has 1 fully saturated rings. The smallest absolute Gasteiger partial charge is 0.324 e. The zero-order valence-electron chi connectivity index (χ0n) is 11.2. The maximum Gasteiger partial charge on any atom is 0.324 e. The molecule has 0 N–H and O–H groups in total. The molecule has 1 aromatic rings. The van der Waals surface area contributed by atoms with E-state index in [1.54, 1.807) is 4.90 Å². The van der Waals surface area contributed by atoms with E-state index in [1.165, 1.54) is 5.56 Å². The molecule has 17 heavy (non-hydrogen) atoms. The second-order valence-electron chi connectivity index (χ2n) is 3.88. The molecule has 1 aliphatic rings.